The number of rotatable bonds is 5. The van der Waals surface area contributed by atoms with Crippen LogP contribution in [0.25, 0.3) is 0 Å². The summed E-state index contributed by atoms with van der Waals surface area (Å²) in [4.78, 5) is 11.8. The Kier molecular flexibility index (Phi) is 4.20. The third-order valence-electron chi connectivity index (χ3n) is 3.10. The molecule has 98 valence electrons. The fourth-order valence-electron chi connectivity index (χ4n) is 1.83. The van der Waals surface area contributed by atoms with Gasteiger partial charge < -0.3 is 15.4 Å². The lowest BCUT2D eigenvalue weighted by Gasteiger charge is -2.27. The molecule has 0 spiro atoms. The third-order valence-corrected chi connectivity index (χ3v) is 3.10. The molecular weight excluding hydrogens is 228 g/mol. The number of benzene rings is 1. The molecule has 0 saturated carbocycles. The van der Waals surface area contributed by atoms with E-state index < -0.39 is 6.10 Å². The molecule has 1 saturated heterocycles. The Morgan fingerprint density at radius 2 is 2.33 bits per heavy atom. The standard InChI is InChI=1S/C14H20N2O2/c1-10-4-3-5-13(6-10)18-11(2)14(17)16-9-12-7-15-8-12/h3-6,11-12,15H,7-9H2,1-2H3,(H,16,17). The zero-order valence-corrected chi connectivity index (χ0v) is 10.9. The van der Waals surface area contributed by atoms with Crippen LogP contribution in [0.2, 0.25) is 0 Å². The van der Waals surface area contributed by atoms with E-state index in [0.29, 0.717) is 5.92 Å². The van der Waals surface area contributed by atoms with Gasteiger partial charge in [0.05, 0.1) is 0 Å². The zero-order chi connectivity index (χ0) is 13.0. The van der Waals surface area contributed by atoms with Gasteiger partial charge in [-0.3, -0.25) is 4.79 Å². The number of aryl methyl sites for hydroxylation is 1. The van der Waals surface area contributed by atoms with Crippen molar-refractivity contribution < 1.29 is 9.53 Å². The normalized spacial score (nSPS) is 16.8. The molecule has 1 atom stereocenters. The molecule has 0 aliphatic carbocycles. The second-order valence-corrected chi connectivity index (χ2v) is 4.85. The monoisotopic (exact) mass is 248 g/mol. The van der Waals surface area contributed by atoms with Gasteiger partial charge in [0.15, 0.2) is 6.10 Å². The summed E-state index contributed by atoms with van der Waals surface area (Å²) in [6, 6.07) is 7.72. The summed E-state index contributed by atoms with van der Waals surface area (Å²) >= 11 is 0. The minimum Gasteiger partial charge on any atom is -0.481 e. The molecule has 2 N–H and O–H groups in total. The van der Waals surface area contributed by atoms with E-state index in [0.717, 1.165) is 30.9 Å². The van der Waals surface area contributed by atoms with Gasteiger partial charge in [0.25, 0.3) is 5.91 Å². The summed E-state index contributed by atoms with van der Waals surface area (Å²) in [5.41, 5.74) is 1.13. The van der Waals surface area contributed by atoms with Gasteiger partial charge in [0.2, 0.25) is 0 Å². The second-order valence-electron chi connectivity index (χ2n) is 4.85. The van der Waals surface area contributed by atoms with Crippen LogP contribution in [-0.2, 0) is 4.79 Å². The molecule has 18 heavy (non-hydrogen) atoms. The van der Waals surface area contributed by atoms with E-state index in [-0.39, 0.29) is 5.91 Å². The van der Waals surface area contributed by atoms with Crippen LogP contribution in [-0.4, -0.2) is 31.6 Å². The van der Waals surface area contributed by atoms with E-state index in [1.807, 2.05) is 31.2 Å². The molecule has 1 aromatic rings. The molecule has 4 nitrogen and oxygen atoms in total. The molecule has 0 bridgehead atoms. The number of hydrogen-bond donors (Lipinski definition) is 2. The minimum absolute atomic E-state index is 0.0524. The molecule has 4 heteroatoms. The molecule has 1 aliphatic rings. The number of hydrogen-bond acceptors (Lipinski definition) is 3. The fourth-order valence-corrected chi connectivity index (χ4v) is 1.83. The molecule has 0 radical (unpaired) electrons. The van der Waals surface area contributed by atoms with Crippen LogP contribution in [0.5, 0.6) is 5.75 Å². The summed E-state index contributed by atoms with van der Waals surface area (Å²) < 4.78 is 5.61. The summed E-state index contributed by atoms with van der Waals surface area (Å²) in [6.07, 6.45) is -0.458. The first-order valence-corrected chi connectivity index (χ1v) is 6.37. The summed E-state index contributed by atoms with van der Waals surface area (Å²) in [6.45, 7) is 6.49. The molecule has 1 unspecified atom stereocenters. The molecule has 1 amide bonds. The first kappa shape index (κ1) is 12.9. The van der Waals surface area contributed by atoms with Crippen molar-refractivity contribution in [2.45, 2.75) is 20.0 Å². The molecule has 2 rings (SSSR count). The van der Waals surface area contributed by atoms with Crippen LogP contribution in [0.4, 0.5) is 0 Å². The number of ether oxygens (including phenoxy) is 1. The molecule has 1 aliphatic heterocycles. The average molecular weight is 248 g/mol. The Morgan fingerprint density at radius 1 is 1.56 bits per heavy atom. The Labute approximate surface area is 108 Å². The molecular formula is C14H20N2O2. The van der Waals surface area contributed by atoms with Gasteiger partial charge in [-0.2, -0.15) is 0 Å². The highest BCUT2D eigenvalue weighted by atomic mass is 16.5. The topological polar surface area (TPSA) is 50.4 Å². The Balaban J connectivity index is 1.79. The number of nitrogens with one attached hydrogen (secondary N) is 2. The maximum absolute atomic E-state index is 11.8. The van der Waals surface area contributed by atoms with Gasteiger partial charge >= 0.3 is 0 Å². The SMILES string of the molecule is Cc1cccc(OC(C)C(=O)NCC2CNC2)c1. The smallest absolute Gasteiger partial charge is 0.260 e. The zero-order valence-electron chi connectivity index (χ0n) is 10.9. The van der Waals surface area contributed by atoms with E-state index in [2.05, 4.69) is 10.6 Å². The quantitative estimate of drug-likeness (QED) is 0.820. The van der Waals surface area contributed by atoms with Crippen molar-refractivity contribution >= 4 is 5.91 Å². The second kappa shape index (κ2) is 5.87. The van der Waals surface area contributed by atoms with Crippen molar-refractivity contribution in [2.24, 2.45) is 5.92 Å². The lowest BCUT2D eigenvalue weighted by Crippen LogP contribution is -2.49. The Bertz CT molecular complexity index is 416. The highest BCUT2D eigenvalue weighted by Gasteiger charge is 2.20. The van der Waals surface area contributed by atoms with Gasteiger partial charge in [-0.1, -0.05) is 12.1 Å². The minimum atomic E-state index is -0.458. The summed E-state index contributed by atoms with van der Waals surface area (Å²) in [5, 5.41) is 6.09. The number of carbonyl (C=O) groups is 1. The van der Waals surface area contributed by atoms with E-state index >= 15 is 0 Å². The summed E-state index contributed by atoms with van der Waals surface area (Å²) in [7, 11) is 0. The lowest BCUT2D eigenvalue weighted by molar-refractivity contribution is -0.127. The predicted octanol–water partition coefficient (Wildman–Crippen LogP) is 1.10. The number of amides is 1. The van der Waals surface area contributed by atoms with Gasteiger partial charge in [0.1, 0.15) is 5.75 Å². The fraction of sp³-hybridized carbons (Fsp3) is 0.500. The summed E-state index contributed by atoms with van der Waals surface area (Å²) in [5.74, 6) is 1.26. The van der Waals surface area contributed by atoms with Crippen LogP contribution in [0.3, 0.4) is 0 Å². The van der Waals surface area contributed by atoms with Crippen molar-refractivity contribution in [1.29, 1.82) is 0 Å². The maximum atomic E-state index is 11.8. The highest BCUT2D eigenvalue weighted by molar-refractivity contribution is 5.80. The first-order chi connectivity index (χ1) is 8.65. The van der Waals surface area contributed by atoms with E-state index in [9.17, 15) is 4.79 Å². The van der Waals surface area contributed by atoms with Gasteiger partial charge in [-0.15, -0.1) is 0 Å². The third kappa shape index (κ3) is 3.47. The highest BCUT2D eigenvalue weighted by Crippen LogP contribution is 2.14. The van der Waals surface area contributed by atoms with Crippen molar-refractivity contribution in [2.75, 3.05) is 19.6 Å². The van der Waals surface area contributed by atoms with E-state index in [4.69, 9.17) is 4.74 Å². The number of carbonyl (C=O) groups excluding carboxylic acids is 1. The predicted molar refractivity (Wildman–Crippen MR) is 70.6 cm³/mol. The lowest BCUT2D eigenvalue weighted by atomic mass is 10.0. The van der Waals surface area contributed by atoms with Gasteiger partial charge in [-0.05, 0) is 31.5 Å². The molecule has 1 heterocycles. The van der Waals surface area contributed by atoms with Crippen LogP contribution < -0.4 is 15.4 Å². The van der Waals surface area contributed by atoms with Crippen molar-refractivity contribution in [3.8, 4) is 5.75 Å². The largest absolute Gasteiger partial charge is 0.481 e. The van der Waals surface area contributed by atoms with Gasteiger partial charge in [-0.25, -0.2) is 0 Å². The van der Waals surface area contributed by atoms with Crippen LogP contribution in [0.1, 0.15) is 12.5 Å². The maximum Gasteiger partial charge on any atom is 0.260 e. The Hall–Kier alpha value is -1.55. The van der Waals surface area contributed by atoms with E-state index in [1.165, 1.54) is 0 Å². The van der Waals surface area contributed by atoms with E-state index in [1.54, 1.807) is 6.92 Å². The van der Waals surface area contributed by atoms with Crippen molar-refractivity contribution in [3.63, 3.8) is 0 Å². The average Bonchev–Trinajstić information content (AvgIpc) is 2.26. The molecule has 0 aromatic heterocycles. The van der Waals surface area contributed by atoms with Crippen LogP contribution >= 0.6 is 0 Å². The van der Waals surface area contributed by atoms with Crippen LogP contribution in [0, 0.1) is 12.8 Å². The van der Waals surface area contributed by atoms with Crippen LogP contribution in [0.15, 0.2) is 24.3 Å². The first-order valence-electron chi connectivity index (χ1n) is 6.37. The van der Waals surface area contributed by atoms with Crippen molar-refractivity contribution in [3.05, 3.63) is 29.8 Å². The van der Waals surface area contributed by atoms with Crippen molar-refractivity contribution in [1.82, 2.24) is 10.6 Å². The van der Waals surface area contributed by atoms with Gasteiger partial charge in [0, 0.05) is 25.6 Å². The molecule has 1 fully saturated rings. The Morgan fingerprint density at radius 3 is 2.94 bits per heavy atom. The molecule has 1 aromatic carbocycles.